The lowest BCUT2D eigenvalue weighted by molar-refractivity contribution is -0.132. The molecule has 0 amide bonds. The highest BCUT2D eigenvalue weighted by Crippen LogP contribution is 2.33. The highest BCUT2D eigenvalue weighted by molar-refractivity contribution is 6.83. The Kier molecular flexibility index (Phi) is 7.37. The molecule has 4 atom stereocenters. The van der Waals surface area contributed by atoms with Gasteiger partial charge in [0.1, 0.15) is 19.9 Å². The third-order valence-corrected chi connectivity index (χ3v) is 5.90. The van der Waals surface area contributed by atoms with E-state index in [2.05, 4.69) is 37.7 Å². The van der Waals surface area contributed by atoms with E-state index in [1.165, 1.54) is 0 Å². The van der Waals surface area contributed by atoms with Gasteiger partial charge in [0, 0.05) is 5.92 Å². The summed E-state index contributed by atoms with van der Waals surface area (Å²) in [5.41, 5.74) is 4.93. The van der Waals surface area contributed by atoms with Crippen molar-refractivity contribution in [1.29, 1.82) is 0 Å². The second-order valence-electron chi connectivity index (χ2n) is 8.84. The Morgan fingerprint density at radius 2 is 1.68 bits per heavy atom. The maximum atomic E-state index is 12.6. The standard InChI is InChI=1S/C26H30O4Si/c1-19-24(30-26(27)22-14-10-7-11-15-22)20(2)29-23(16-17-31(3,4)5)25(19)28-18-21-12-8-6-9-13-21/h6-15,19,23-25H,2,18H2,1,3-5H3/t19-,23-,24-,25-/m1/s1. The third kappa shape index (κ3) is 6.33. The van der Waals surface area contributed by atoms with E-state index in [0.29, 0.717) is 17.9 Å². The largest absolute Gasteiger partial charge is 0.476 e. The lowest BCUT2D eigenvalue weighted by Gasteiger charge is -2.40. The average Bonchev–Trinajstić information content (AvgIpc) is 2.75. The van der Waals surface area contributed by atoms with E-state index >= 15 is 0 Å². The molecular formula is C26H30O4Si. The first-order valence-corrected chi connectivity index (χ1v) is 14.0. The second-order valence-corrected chi connectivity index (χ2v) is 13.6. The lowest BCUT2D eigenvalue weighted by atomic mass is 9.90. The zero-order chi connectivity index (χ0) is 22.4. The Hall–Kier alpha value is -2.81. The van der Waals surface area contributed by atoms with E-state index < -0.39 is 26.3 Å². The van der Waals surface area contributed by atoms with E-state index in [0.717, 1.165) is 5.56 Å². The van der Waals surface area contributed by atoms with Crippen molar-refractivity contribution in [2.45, 2.75) is 51.5 Å². The van der Waals surface area contributed by atoms with Gasteiger partial charge in [0.15, 0.2) is 12.2 Å². The summed E-state index contributed by atoms with van der Waals surface area (Å²) in [6, 6.07) is 18.9. The molecule has 162 valence electrons. The highest BCUT2D eigenvalue weighted by atomic mass is 28.3. The molecule has 5 heteroatoms. The summed E-state index contributed by atoms with van der Waals surface area (Å²) in [6.45, 7) is 13.0. The minimum absolute atomic E-state index is 0.168. The zero-order valence-corrected chi connectivity index (χ0v) is 19.6. The molecule has 0 aromatic heterocycles. The Labute approximate surface area is 186 Å². The molecule has 1 aliphatic rings. The molecule has 0 spiro atoms. The van der Waals surface area contributed by atoms with Crippen LogP contribution in [0.2, 0.25) is 19.6 Å². The van der Waals surface area contributed by atoms with Crippen LogP contribution in [0.1, 0.15) is 22.8 Å². The highest BCUT2D eigenvalue weighted by Gasteiger charge is 2.43. The molecule has 1 fully saturated rings. The summed E-state index contributed by atoms with van der Waals surface area (Å²) in [7, 11) is -1.60. The van der Waals surface area contributed by atoms with Gasteiger partial charge in [-0.1, -0.05) is 87.6 Å². The summed E-state index contributed by atoms with van der Waals surface area (Å²) < 4.78 is 18.1. The number of ether oxygens (including phenoxy) is 3. The summed E-state index contributed by atoms with van der Waals surface area (Å²) in [5, 5.41) is 0. The molecule has 1 saturated heterocycles. The van der Waals surface area contributed by atoms with Crippen LogP contribution in [0, 0.1) is 17.4 Å². The van der Waals surface area contributed by atoms with Gasteiger partial charge in [-0.05, 0) is 17.7 Å². The zero-order valence-electron chi connectivity index (χ0n) is 18.6. The van der Waals surface area contributed by atoms with Crippen LogP contribution in [0.3, 0.4) is 0 Å². The first-order valence-electron chi connectivity index (χ1n) is 10.5. The predicted octanol–water partition coefficient (Wildman–Crippen LogP) is 5.23. The molecule has 2 aromatic carbocycles. The molecule has 0 unspecified atom stereocenters. The second kappa shape index (κ2) is 10.00. The van der Waals surface area contributed by atoms with Gasteiger partial charge in [-0.25, -0.2) is 4.79 Å². The van der Waals surface area contributed by atoms with Gasteiger partial charge >= 0.3 is 5.97 Å². The lowest BCUT2D eigenvalue weighted by Crippen LogP contribution is -2.49. The van der Waals surface area contributed by atoms with Crippen LogP contribution in [0.5, 0.6) is 0 Å². The Balaban J connectivity index is 1.80. The van der Waals surface area contributed by atoms with Crippen molar-refractivity contribution < 1.29 is 19.0 Å². The maximum Gasteiger partial charge on any atom is 0.338 e. The van der Waals surface area contributed by atoms with Crippen molar-refractivity contribution in [3.8, 4) is 11.5 Å². The van der Waals surface area contributed by atoms with Gasteiger partial charge in [-0.15, -0.1) is 5.54 Å². The minimum atomic E-state index is -1.60. The number of rotatable bonds is 5. The van der Waals surface area contributed by atoms with E-state index in [4.69, 9.17) is 14.2 Å². The van der Waals surface area contributed by atoms with E-state index in [9.17, 15) is 4.79 Å². The van der Waals surface area contributed by atoms with Crippen LogP contribution in [0.15, 0.2) is 73.0 Å². The first kappa shape index (κ1) is 22.9. The van der Waals surface area contributed by atoms with Crippen LogP contribution >= 0.6 is 0 Å². The number of carbonyl (C=O) groups excluding carboxylic acids is 1. The van der Waals surface area contributed by atoms with Crippen LogP contribution < -0.4 is 0 Å². The van der Waals surface area contributed by atoms with Crippen molar-refractivity contribution in [2.75, 3.05) is 0 Å². The molecule has 0 N–H and O–H groups in total. The molecule has 4 nitrogen and oxygen atoms in total. The Morgan fingerprint density at radius 1 is 1.06 bits per heavy atom. The molecular weight excluding hydrogens is 404 g/mol. The molecule has 3 rings (SSSR count). The van der Waals surface area contributed by atoms with Crippen LogP contribution in [0.4, 0.5) is 0 Å². The topological polar surface area (TPSA) is 44.8 Å². The average molecular weight is 435 g/mol. The quantitative estimate of drug-likeness (QED) is 0.367. The van der Waals surface area contributed by atoms with Gasteiger partial charge in [0.05, 0.1) is 12.2 Å². The van der Waals surface area contributed by atoms with Gasteiger partial charge in [0.25, 0.3) is 0 Å². The molecule has 0 aliphatic carbocycles. The summed E-state index contributed by atoms with van der Waals surface area (Å²) >= 11 is 0. The molecule has 0 saturated carbocycles. The van der Waals surface area contributed by atoms with Gasteiger partial charge in [-0.3, -0.25) is 0 Å². The van der Waals surface area contributed by atoms with E-state index in [-0.39, 0.29) is 12.0 Å². The van der Waals surface area contributed by atoms with Crippen molar-refractivity contribution in [2.24, 2.45) is 5.92 Å². The molecule has 31 heavy (non-hydrogen) atoms. The molecule has 1 aliphatic heterocycles. The number of carbonyl (C=O) groups is 1. The van der Waals surface area contributed by atoms with E-state index in [1.54, 1.807) is 24.3 Å². The number of hydrogen-bond donors (Lipinski definition) is 0. The van der Waals surface area contributed by atoms with Crippen molar-refractivity contribution in [3.63, 3.8) is 0 Å². The smallest absolute Gasteiger partial charge is 0.338 e. The van der Waals surface area contributed by atoms with Crippen LogP contribution in [-0.2, 0) is 20.8 Å². The molecule has 2 aromatic rings. The van der Waals surface area contributed by atoms with Crippen LogP contribution in [0.25, 0.3) is 0 Å². The number of hydrogen-bond acceptors (Lipinski definition) is 4. The van der Waals surface area contributed by atoms with Crippen molar-refractivity contribution in [3.05, 3.63) is 84.1 Å². The van der Waals surface area contributed by atoms with Gasteiger partial charge in [0.2, 0.25) is 0 Å². The Bertz CT molecular complexity index is 954. The fourth-order valence-electron chi connectivity index (χ4n) is 3.37. The van der Waals surface area contributed by atoms with Crippen LogP contribution in [-0.4, -0.2) is 32.4 Å². The van der Waals surface area contributed by atoms with Gasteiger partial charge < -0.3 is 14.2 Å². The summed E-state index contributed by atoms with van der Waals surface area (Å²) in [5.74, 6) is 3.11. The fraction of sp³-hybridized carbons (Fsp3) is 0.346. The summed E-state index contributed by atoms with van der Waals surface area (Å²) in [4.78, 5) is 12.6. The molecule has 1 heterocycles. The third-order valence-electron chi connectivity index (χ3n) is 5.01. The van der Waals surface area contributed by atoms with Crippen molar-refractivity contribution >= 4 is 14.0 Å². The number of esters is 1. The van der Waals surface area contributed by atoms with E-state index in [1.807, 2.05) is 43.3 Å². The Morgan fingerprint density at radius 3 is 2.29 bits per heavy atom. The SMILES string of the molecule is C=C1O[C@H](C#C[Si](C)(C)C)[C@H](OCc2ccccc2)[C@H](C)[C@H]1OC(=O)c1ccccc1. The minimum Gasteiger partial charge on any atom is -0.476 e. The van der Waals surface area contributed by atoms with Gasteiger partial charge in [-0.2, -0.15) is 0 Å². The monoisotopic (exact) mass is 434 g/mol. The normalized spacial score (nSPS) is 23.3. The maximum absolute atomic E-state index is 12.6. The first-order chi connectivity index (χ1) is 14.7. The summed E-state index contributed by atoms with van der Waals surface area (Å²) in [6.07, 6.45) is -1.42. The molecule has 0 radical (unpaired) electrons. The number of benzene rings is 2. The van der Waals surface area contributed by atoms with Crippen molar-refractivity contribution in [1.82, 2.24) is 0 Å². The predicted molar refractivity (Wildman–Crippen MR) is 125 cm³/mol. The molecule has 0 bridgehead atoms. The fourth-order valence-corrected chi connectivity index (χ4v) is 3.95.